The van der Waals surface area contributed by atoms with Crippen LogP contribution >= 0.6 is 0 Å². The molecule has 66 valence electrons. The Balaban J connectivity index is 3.21. The van der Waals surface area contributed by atoms with E-state index in [1.807, 2.05) is 0 Å². The summed E-state index contributed by atoms with van der Waals surface area (Å²) in [5.41, 5.74) is 2.87. The third-order valence-electron chi connectivity index (χ3n) is 1.71. The number of benzene rings is 1. The van der Waals surface area contributed by atoms with E-state index in [-0.39, 0.29) is 5.56 Å². The van der Waals surface area contributed by atoms with E-state index >= 15 is 0 Å². The van der Waals surface area contributed by atoms with Crippen LogP contribution in [-0.4, -0.2) is 11.0 Å². The van der Waals surface area contributed by atoms with E-state index in [4.69, 9.17) is 11.0 Å². The lowest BCUT2D eigenvalue weighted by Gasteiger charge is -2.15. The van der Waals surface area contributed by atoms with Gasteiger partial charge in [-0.1, -0.05) is 30.3 Å². The monoisotopic (exact) mass is 176 g/mol. The van der Waals surface area contributed by atoms with Crippen LogP contribution in [0.1, 0.15) is 5.56 Å². The van der Waals surface area contributed by atoms with Crippen molar-refractivity contribution in [1.29, 1.82) is 5.26 Å². The second-order valence-corrected chi connectivity index (χ2v) is 2.55. The third-order valence-corrected chi connectivity index (χ3v) is 1.71. The fourth-order valence-electron chi connectivity index (χ4n) is 0.941. The fraction of sp³-hybridized carbons (Fsp3) is 0.111. The minimum Gasteiger partial charge on any atom is -0.366 e. The fourth-order valence-corrected chi connectivity index (χ4v) is 0.941. The molecule has 13 heavy (non-hydrogen) atoms. The van der Waals surface area contributed by atoms with Gasteiger partial charge in [-0.25, -0.2) is 0 Å². The van der Waals surface area contributed by atoms with Gasteiger partial charge in [0.05, 0.1) is 0 Å². The summed E-state index contributed by atoms with van der Waals surface area (Å²) in [4.78, 5) is 10.8. The van der Waals surface area contributed by atoms with Crippen molar-refractivity contribution in [3.05, 3.63) is 35.9 Å². The lowest BCUT2D eigenvalue weighted by molar-refractivity contribution is -0.131. The predicted molar refractivity (Wildman–Crippen MR) is 45.1 cm³/mol. The number of hydrogen-bond acceptors (Lipinski definition) is 3. The summed E-state index contributed by atoms with van der Waals surface area (Å²) < 4.78 is 0. The highest BCUT2D eigenvalue weighted by Gasteiger charge is 2.35. The molecule has 0 aliphatic heterocycles. The zero-order valence-corrected chi connectivity index (χ0v) is 6.77. The molecule has 1 atom stereocenters. The quantitative estimate of drug-likeness (QED) is 0.616. The topological polar surface area (TPSA) is 87.1 Å². The van der Waals surface area contributed by atoms with Crippen LogP contribution in [0.3, 0.4) is 0 Å². The van der Waals surface area contributed by atoms with Gasteiger partial charge in [0.1, 0.15) is 6.07 Å². The molecule has 0 spiro atoms. The summed E-state index contributed by atoms with van der Waals surface area (Å²) in [7, 11) is 0. The normalized spacial score (nSPS) is 14.2. The molecule has 3 N–H and O–H groups in total. The van der Waals surface area contributed by atoms with E-state index in [0.717, 1.165) is 0 Å². The standard InChI is InChI=1S/C9H8N2O2/c10-6-9(13,8(11)12)7-4-2-1-3-5-7/h1-5,13H,(H2,11,12). The molecule has 1 rings (SSSR count). The minimum atomic E-state index is -2.22. The SMILES string of the molecule is N#CC(O)(C(N)=O)c1ccccc1. The summed E-state index contributed by atoms with van der Waals surface area (Å²) in [6, 6.07) is 9.34. The second-order valence-electron chi connectivity index (χ2n) is 2.55. The Morgan fingerprint density at radius 3 is 2.38 bits per heavy atom. The molecule has 0 saturated carbocycles. The zero-order chi connectivity index (χ0) is 9.90. The number of aliphatic hydroxyl groups is 1. The number of amides is 1. The first-order chi connectivity index (χ1) is 6.11. The first-order valence-corrected chi connectivity index (χ1v) is 3.60. The largest absolute Gasteiger partial charge is 0.366 e. The van der Waals surface area contributed by atoms with Crippen molar-refractivity contribution in [1.82, 2.24) is 0 Å². The molecular formula is C9H8N2O2. The van der Waals surface area contributed by atoms with Gasteiger partial charge in [0.15, 0.2) is 0 Å². The number of nitrogens with two attached hydrogens (primary N) is 1. The molecule has 0 aliphatic carbocycles. The number of nitrogens with zero attached hydrogens (tertiary/aromatic N) is 1. The summed E-state index contributed by atoms with van der Waals surface area (Å²) in [6.45, 7) is 0. The predicted octanol–water partition coefficient (Wildman–Crippen LogP) is -0.117. The summed E-state index contributed by atoms with van der Waals surface area (Å²) in [5, 5.41) is 18.1. The second kappa shape index (κ2) is 3.25. The highest BCUT2D eigenvalue weighted by molar-refractivity contribution is 5.87. The molecular weight excluding hydrogens is 168 g/mol. The Labute approximate surface area is 75.2 Å². The molecule has 1 amide bonds. The van der Waals surface area contributed by atoms with E-state index < -0.39 is 11.5 Å². The van der Waals surface area contributed by atoms with Crippen molar-refractivity contribution in [2.24, 2.45) is 5.73 Å². The smallest absolute Gasteiger partial charge is 0.269 e. The maximum absolute atomic E-state index is 10.8. The van der Waals surface area contributed by atoms with Gasteiger partial charge in [0, 0.05) is 5.56 Å². The molecule has 1 unspecified atom stereocenters. The summed E-state index contributed by atoms with van der Waals surface area (Å²) >= 11 is 0. The number of hydrogen-bond donors (Lipinski definition) is 2. The zero-order valence-electron chi connectivity index (χ0n) is 6.77. The Kier molecular flexibility index (Phi) is 2.31. The Morgan fingerprint density at radius 2 is 2.00 bits per heavy atom. The van der Waals surface area contributed by atoms with Crippen molar-refractivity contribution in [3.63, 3.8) is 0 Å². The van der Waals surface area contributed by atoms with E-state index in [1.165, 1.54) is 18.2 Å². The first kappa shape index (κ1) is 9.23. The van der Waals surface area contributed by atoms with Crippen molar-refractivity contribution in [3.8, 4) is 6.07 Å². The van der Waals surface area contributed by atoms with Crippen LogP contribution in [0.25, 0.3) is 0 Å². The molecule has 1 aromatic carbocycles. The third kappa shape index (κ3) is 1.50. The van der Waals surface area contributed by atoms with E-state index in [9.17, 15) is 9.90 Å². The van der Waals surface area contributed by atoms with Crippen LogP contribution in [0.15, 0.2) is 30.3 Å². The molecule has 1 aromatic rings. The molecule has 0 aliphatic rings. The highest BCUT2D eigenvalue weighted by atomic mass is 16.3. The summed E-state index contributed by atoms with van der Waals surface area (Å²) in [6.07, 6.45) is 0. The molecule has 0 fully saturated rings. The Bertz CT molecular complexity index is 356. The molecule has 0 heterocycles. The van der Waals surface area contributed by atoms with Crippen LogP contribution in [0.5, 0.6) is 0 Å². The first-order valence-electron chi connectivity index (χ1n) is 3.60. The van der Waals surface area contributed by atoms with Gasteiger partial charge in [-0.3, -0.25) is 4.79 Å². The molecule has 4 heteroatoms. The number of rotatable bonds is 2. The lowest BCUT2D eigenvalue weighted by Crippen LogP contribution is -2.39. The molecule has 0 bridgehead atoms. The molecule has 0 aromatic heterocycles. The van der Waals surface area contributed by atoms with Gasteiger partial charge in [-0.05, 0) is 0 Å². The van der Waals surface area contributed by atoms with Crippen LogP contribution < -0.4 is 5.73 Å². The van der Waals surface area contributed by atoms with E-state index in [0.29, 0.717) is 0 Å². The highest BCUT2D eigenvalue weighted by Crippen LogP contribution is 2.18. The number of primary amides is 1. The van der Waals surface area contributed by atoms with Crippen LogP contribution in [-0.2, 0) is 10.4 Å². The average molecular weight is 176 g/mol. The number of carbonyl (C=O) groups excluding carboxylic acids is 1. The number of carbonyl (C=O) groups is 1. The van der Waals surface area contributed by atoms with Crippen molar-refractivity contribution in [2.75, 3.05) is 0 Å². The van der Waals surface area contributed by atoms with Crippen molar-refractivity contribution in [2.45, 2.75) is 5.60 Å². The Morgan fingerprint density at radius 1 is 1.46 bits per heavy atom. The van der Waals surface area contributed by atoms with Crippen molar-refractivity contribution < 1.29 is 9.90 Å². The van der Waals surface area contributed by atoms with Crippen LogP contribution in [0, 0.1) is 11.3 Å². The van der Waals surface area contributed by atoms with Crippen LogP contribution in [0.4, 0.5) is 0 Å². The van der Waals surface area contributed by atoms with Gasteiger partial charge in [-0.2, -0.15) is 5.26 Å². The average Bonchev–Trinajstić information content (AvgIpc) is 2.17. The molecule has 0 radical (unpaired) electrons. The summed E-state index contributed by atoms with van der Waals surface area (Å²) in [5.74, 6) is -1.07. The van der Waals surface area contributed by atoms with Gasteiger partial charge in [-0.15, -0.1) is 0 Å². The van der Waals surface area contributed by atoms with Crippen LogP contribution in [0.2, 0.25) is 0 Å². The maximum Gasteiger partial charge on any atom is 0.269 e. The van der Waals surface area contributed by atoms with E-state index in [2.05, 4.69) is 0 Å². The maximum atomic E-state index is 10.8. The minimum absolute atomic E-state index is 0.185. The lowest BCUT2D eigenvalue weighted by atomic mass is 9.95. The Hall–Kier alpha value is -1.86. The van der Waals surface area contributed by atoms with Gasteiger partial charge < -0.3 is 10.8 Å². The van der Waals surface area contributed by atoms with Gasteiger partial charge in [0.25, 0.3) is 11.5 Å². The van der Waals surface area contributed by atoms with Crippen molar-refractivity contribution >= 4 is 5.91 Å². The van der Waals surface area contributed by atoms with Gasteiger partial charge >= 0.3 is 0 Å². The molecule has 0 saturated heterocycles. The number of nitriles is 1. The molecule has 4 nitrogen and oxygen atoms in total. The van der Waals surface area contributed by atoms with Gasteiger partial charge in [0.2, 0.25) is 0 Å². The van der Waals surface area contributed by atoms with E-state index in [1.54, 1.807) is 18.2 Å².